The van der Waals surface area contributed by atoms with Gasteiger partial charge in [0.05, 0.1) is 0 Å². The Kier molecular flexibility index (Phi) is 5.29. The van der Waals surface area contributed by atoms with Gasteiger partial charge >= 0.3 is 6.03 Å². The molecule has 1 N–H and O–H groups in total. The summed E-state index contributed by atoms with van der Waals surface area (Å²) in [4.78, 5) is 28.1. The van der Waals surface area contributed by atoms with Crippen LogP contribution in [0.1, 0.15) is 31.9 Å². The van der Waals surface area contributed by atoms with Gasteiger partial charge in [-0.25, -0.2) is 4.79 Å². The fourth-order valence-electron chi connectivity index (χ4n) is 2.70. The van der Waals surface area contributed by atoms with E-state index in [0.29, 0.717) is 32.7 Å². The Morgan fingerprint density at radius 2 is 1.70 bits per heavy atom. The number of piperazine rings is 1. The van der Waals surface area contributed by atoms with Crippen molar-refractivity contribution in [3.05, 3.63) is 35.4 Å². The van der Waals surface area contributed by atoms with Crippen LogP contribution in [0.25, 0.3) is 0 Å². The van der Waals surface area contributed by atoms with Gasteiger partial charge in [-0.15, -0.1) is 0 Å². The molecule has 3 amide bonds. The molecular formula is C18H27N3O2. The van der Waals surface area contributed by atoms with Crippen LogP contribution in [0.3, 0.4) is 0 Å². The van der Waals surface area contributed by atoms with Gasteiger partial charge < -0.3 is 15.1 Å². The summed E-state index contributed by atoms with van der Waals surface area (Å²) in [7, 11) is 0. The Bertz CT molecular complexity index is 570. The van der Waals surface area contributed by atoms with Gasteiger partial charge in [0.2, 0.25) is 5.91 Å². The summed E-state index contributed by atoms with van der Waals surface area (Å²) >= 11 is 0. The van der Waals surface area contributed by atoms with E-state index in [4.69, 9.17) is 0 Å². The van der Waals surface area contributed by atoms with Gasteiger partial charge in [-0.2, -0.15) is 0 Å². The van der Waals surface area contributed by atoms with Crippen molar-refractivity contribution in [1.82, 2.24) is 15.1 Å². The summed E-state index contributed by atoms with van der Waals surface area (Å²) in [6.45, 7) is 10.7. The molecule has 0 atom stereocenters. The van der Waals surface area contributed by atoms with Crippen LogP contribution in [0.15, 0.2) is 24.3 Å². The summed E-state index contributed by atoms with van der Waals surface area (Å²) < 4.78 is 0. The first-order chi connectivity index (χ1) is 10.8. The molecule has 126 valence electrons. The van der Waals surface area contributed by atoms with Gasteiger partial charge in [0.1, 0.15) is 0 Å². The van der Waals surface area contributed by atoms with E-state index in [-0.39, 0.29) is 17.4 Å². The zero-order valence-electron chi connectivity index (χ0n) is 14.6. The number of nitrogens with one attached hydrogen (secondary N) is 1. The average molecular weight is 317 g/mol. The number of urea groups is 1. The topological polar surface area (TPSA) is 52.7 Å². The van der Waals surface area contributed by atoms with E-state index < -0.39 is 0 Å². The maximum Gasteiger partial charge on any atom is 0.317 e. The maximum absolute atomic E-state index is 12.2. The molecule has 0 spiro atoms. The standard InChI is InChI=1S/C18H27N3O2/c1-14-6-5-7-15(12-14)13-19-17(23)21-10-8-20(9-11-21)16(22)18(2,3)4/h5-7,12H,8-11,13H2,1-4H3,(H,19,23). The van der Waals surface area contributed by atoms with Crippen molar-refractivity contribution >= 4 is 11.9 Å². The monoisotopic (exact) mass is 317 g/mol. The van der Waals surface area contributed by atoms with Gasteiger partial charge in [0.25, 0.3) is 0 Å². The Balaban J connectivity index is 1.81. The summed E-state index contributed by atoms with van der Waals surface area (Å²) in [5, 5.41) is 2.95. The first kappa shape index (κ1) is 17.3. The molecule has 1 aliphatic heterocycles. The minimum atomic E-state index is -0.365. The summed E-state index contributed by atoms with van der Waals surface area (Å²) in [5.41, 5.74) is 1.92. The first-order valence-corrected chi connectivity index (χ1v) is 8.15. The largest absolute Gasteiger partial charge is 0.339 e. The summed E-state index contributed by atoms with van der Waals surface area (Å²) in [6, 6.07) is 8.05. The van der Waals surface area contributed by atoms with Crippen LogP contribution < -0.4 is 5.32 Å². The number of carbonyl (C=O) groups excluding carboxylic acids is 2. The minimum absolute atomic E-state index is 0.0608. The lowest BCUT2D eigenvalue weighted by Crippen LogP contribution is -2.54. The highest BCUT2D eigenvalue weighted by atomic mass is 16.2. The zero-order valence-corrected chi connectivity index (χ0v) is 14.6. The molecule has 1 fully saturated rings. The molecule has 1 aromatic carbocycles. The number of hydrogen-bond acceptors (Lipinski definition) is 2. The van der Waals surface area contributed by atoms with E-state index >= 15 is 0 Å². The first-order valence-electron chi connectivity index (χ1n) is 8.15. The lowest BCUT2D eigenvalue weighted by atomic mass is 9.94. The molecule has 0 saturated carbocycles. The number of benzene rings is 1. The van der Waals surface area contributed by atoms with Gasteiger partial charge in [-0.1, -0.05) is 50.6 Å². The molecule has 0 aliphatic carbocycles. The number of nitrogens with zero attached hydrogens (tertiary/aromatic N) is 2. The van der Waals surface area contributed by atoms with E-state index in [1.54, 1.807) is 4.90 Å². The smallest absolute Gasteiger partial charge is 0.317 e. The number of carbonyl (C=O) groups is 2. The van der Waals surface area contributed by atoms with E-state index in [1.807, 2.05) is 50.8 Å². The van der Waals surface area contributed by atoms with Crippen LogP contribution in [-0.4, -0.2) is 47.9 Å². The molecule has 5 heteroatoms. The lowest BCUT2D eigenvalue weighted by Gasteiger charge is -2.37. The Hall–Kier alpha value is -2.04. The average Bonchev–Trinajstić information content (AvgIpc) is 2.51. The zero-order chi connectivity index (χ0) is 17.0. The van der Waals surface area contributed by atoms with Crippen LogP contribution in [0.4, 0.5) is 4.79 Å². The normalized spacial score (nSPS) is 15.5. The predicted molar refractivity (Wildman–Crippen MR) is 91.0 cm³/mol. The molecule has 1 aromatic rings. The van der Waals surface area contributed by atoms with E-state index in [1.165, 1.54) is 5.56 Å². The van der Waals surface area contributed by atoms with Crippen LogP contribution in [0.5, 0.6) is 0 Å². The Labute approximate surface area is 138 Å². The van der Waals surface area contributed by atoms with Crippen molar-refractivity contribution in [2.24, 2.45) is 5.41 Å². The second-order valence-corrected chi connectivity index (χ2v) is 7.18. The van der Waals surface area contributed by atoms with Gasteiger partial charge in [-0.3, -0.25) is 4.79 Å². The van der Waals surface area contributed by atoms with Crippen LogP contribution in [0, 0.1) is 12.3 Å². The third-order valence-corrected chi connectivity index (χ3v) is 4.02. The molecular weight excluding hydrogens is 290 g/mol. The van der Waals surface area contributed by atoms with Crippen LogP contribution >= 0.6 is 0 Å². The van der Waals surface area contributed by atoms with Crippen molar-refractivity contribution in [3.63, 3.8) is 0 Å². The highest BCUT2D eigenvalue weighted by Crippen LogP contribution is 2.18. The second kappa shape index (κ2) is 7.02. The van der Waals surface area contributed by atoms with Crippen molar-refractivity contribution in [1.29, 1.82) is 0 Å². The Morgan fingerprint density at radius 3 is 2.26 bits per heavy atom. The molecule has 1 aliphatic rings. The molecule has 23 heavy (non-hydrogen) atoms. The molecule has 0 bridgehead atoms. The van der Waals surface area contributed by atoms with E-state index in [9.17, 15) is 9.59 Å². The molecule has 0 aromatic heterocycles. The van der Waals surface area contributed by atoms with Gasteiger partial charge in [0, 0.05) is 38.1 Å². The lowest BCUT2D eigenvalue weighted by molar-refractivity contribution is -0.140. The predicted octanol–water partition coefficient (Wildman–Crippen LogP) is 2.39. The highest BCUT2D eigenvalue weighted by molar-refractivity contribution is 5.82. The van der Waals surface area contributed by atoms with E-state index in [0.717, 1.165) is 5.56 Å². The van der Waals surface area contributed by atoms with Crippen molar-refractivity contribution < 1.29 is 9.59 Å². The fraction of sp³-hybridized carbons (Fsp3) is 0.556. The van der Waals surface area contributed by atoms with Crippen molar-refractivity contribution in [3.8, 4) is 0 Å². The number of amides is 3. The Morgan fingerprint density at radius 1 is 1.09 bits per heavy atom. The van der Waals surface area contributed by atoms with Crippen LogP contribution in [-0.2, 0) is 11.3 Å². The third-order valence-electron chi connectivity index (χ3n) is 4.02. The molecule has 1 heterocycles. The van der Waals surface area contributed by atoms with Crippen molar-refractivity contribution in [2.45, 2.75) is 34.2 Å². The SMILES string of the molecule is Cc1cccc(CNC(=O)N2CCN(C(=O)C(C)(C)C)CC2)c1. The number of aryl methyl sites for hydroxylation is 1. The van der Waals surface area contributed by atoms with Crippen molar-refractivity contribution in [2.75, 3.05) is 26.2 Å². The molecule has 2 rings (SSSR count). The minimum Gasteiger partial charge on any atom is -0.339 e. The third kappa shape index (κ3) is 4.71. The van der Waals surface area contributed by atoms with Gasteiger partial charge in [-0.05, 0) is 12.5 Å². The van der Waals surface area contributed by atoms with E-state index in [2.05, 4.69) is 11.4 Å². The molecule has 0 unspecified atom stereocenters. The molecule has 0 radical (unpaired) electrons. The molecule has 5 nitrogen and oxygen atoms in total. The second-order valence-electron chi connectivity index (χ2n) is 7.18. The van der Waals surface area contributed by atoms with Gasteiger partial charge in [0.15, 0.2) is 0 Å². The summed E-state index contributed by atoms with van der Waals surface area (Å²) in [6.07, 6.45) is 0. The fourth-order valence-corrected chi connectivity index (χ4v) is 2.70. The molecule has 1 saturated heterocycles. The number of rotatable bonds is 2. The quantitative estimate of drug-likeness (QED) is 0.910. The van der Waals surface area contributed by atoms with Crippen LogP contribution in [0.2, 0.25) is 0 Å². The number of hydrogen-bond donors (Lipinski definition) is 1. The summed E-state index contributed by atoms with van der Waals surface area (Å²) in [5.74, 6) is 0.150. The highest BCUT2D eigenvalue weighted by Gasteiger charge is 2.30. The maximum atomic E-state index is 12.2.